The summed E-state index contributed by atoms with van der Waals surface area (Å²) in [5.41, 5.74) is 6.61. The van der Waals surface area contributed by atoms with E-state index in [1.807, 2.05) is 4.57 Å². The van der Waals surface area contributed by atoms with E-state index in [0.29, 0.717) is 56.4 Å². The predicted molar refractivity (Wildman–Crippen MR) is 164 cm³/mol. The minimum atomic E-state index is -0.450. The van der Waals surface area contributed by atoms with E-state index >= 15 is 0 Å². The van der Waals surface area contributed by atoms with Gasteiger partial charge in [0.2, 0.25) is 5.91 Å². The molecule has 0 saturated carbocycles. The first-order chi connectivity index (χ1) is 20.6. The van der Waals surface area contributed by atoms with Crippen molar-refractivity contribution in [2.24, 2.45) is 5.73 Å². The molecule has 4 atom stereocenters. The van der Waals surface area contributed by atoms with Crippen molar-refractivity contribution < 1.29 is 23.7 Å². The minimum Gasteiger partial charge on any atom is -0.379 e. The molecule has 2 aromatic rings. The second kappa shape index (κ2) is 19.8. The normalized spacial score (nSPS) is 20.5. The predicted octanol–water partition coefficient (Wildman–Crippen LogP) is 5.54. The van der Waals surface area contributed by atoms with Crippen molar-refractivity contribution in [1.82, 2.24) is 19.5 Å². The zero-order valence-electron chi connectivity index (χ0n) is 26.1. The summed E-state index contributed by atoms with van der Waals surface area (Å²) in [4.78, 5) is 24.7. The SMILES string of the molecule is CCCCCOCC1OC(n2cnc3c(NCCCCCC(N)=O)ncnc32)C(OCCCCC)C1OCCCCC. The second-order valence-electron chi connectivity index (χ2n) is 11.2. The van der Waals surface area contributed by atoms with Crippen LogP contribution < -0.4 is 11.1 Å². The molecule has 0 bridgehead atoms. The number of amides is 1. The monoisotopic (exact) mass is 590 g/mol. The lowest BCUT2D eigenvalue weighted by atomic mass is 10.1. The van der Waals surface area contributed by atoms with Crippen molar-refractivity contribution in [1.29, 1.82) is 0 Å². The number of fused-ring (bicyclic) bond motifs is 1. The molecule has 3 heterocycles. The highest BCUT2D eigenvalue weighted by Crippen LogP contribution is 2.36. The number of anilines is 1. The van der Waals surface area contributed by atoms with Crippen molar-refractivity contribution >= 4 is 22.9 Å². The van der Waals surface area contributed by atoms with Gasteiger partial charge in [-0.1, -0.05) is 65.7 Å². The first-order valence-corrected chi connectivity index (χ1v) is 16.3. The molecule has 0 aromatic carbocycles. The topological polar surface area (TPSA) is 136 Å². The Bertz CT molecular complexity index is 1020. The van der Waals surface area contributed by atoms with Crippen LogP contribution in [-0.2, 0) is 23.7 Å². The van der Waals surface area contributed by atoms with Gasteiger partial charge in [0.15, 0.2) is 23.2 Å². The van der Waals surface area contributed by atoms with Crippen molar-refractivity contribution in [3.8, 4) is 0 Å². The van der Waals surface area contributed by atoms with Gasteiger partial charge in [-0.2, -0.15) is 0 Å². The zero-order valence-corrected chi connectivity index (χ0v) is 26.1. The van der Waals surface area contributed by atoms with Crippen molar-refractivity contribution in [2.75, 3.05) is 38.3 Å². The number of rotatable bonds is 24. The number of ether oxygens (including phenoxy) is 4. The Balaban J connectivity index is 1.77. The maximum Gasteiger partial charge on any atom is 0.217 e. The Morgan fingerprint density at radius 2 is 1.57 bits per heavy atom. The minimum absolute atomic E-state index is 0.253. The van der Waals surface area contributed by atoms with E-state index < -0.39 is 6.23 Å². The van der Waals surface area contributed by atoms with Gasteiger partial charge in [0.25, 0.3) is 0 Å². The number of nitrogens with one attached hydrogen (secondary N) is 1. The van der Waals surface area contributed by atoms with Gasteiger partial charge in [-0.25, -0.2) is 15.0 Å². The molecule has 0 radical (unpaired) electrons. The van der Waals surface area contributed by atoms with Gasteiger partial charge in [-0.15, -0.1) is 0 Å². The fourth-order valence-electron chi connectivity index (χ4n) is 5.22. The lowest BCUT2D eigenvalue weighted by Gasteiger charge is -2.25. The number of carbonyl (C=O) groups excluding carboxylic acids is 1. The van der Waals surface area contributed by atoms with E-state index in [-0.39, 0.29) is 24.2 Å². The molecule has 0 aliphatic carbocycles. The third-order valence-electron chi connectivity index (χ3n) is 7.60. The van der Waals surface area contributed by atoms with E-state index in [0.717, 1.165) is 77.0 Å². The summed E-state index contributed by atoms with van der Waals surface area (Å²) in [5, 5.41) is 3.38. The molecule has 11 heteroatoms. The van der Waals surface area contributed by atoms with E-state index in [4.69, 9.17) is 24.7 Å². The molecular formula is C31H54N6O5. The number of primary amides is 1. The van der Waals surface area contributed by atoms with Gasteiger partial charge in [-0.3, -0.25) is 9.36 Å². The largest absolute Gasteiger partial charge is 0.379 e. The number of unbranched alkanes of at least 4 members (excludes halogenated alkanes) is 8. The van der Waals surface area contributed by atoms with Gasteiger partial charge in [0.1, 0.15) is 24.6 Å². The Morgan fingerprint density at radius 3 is 2.26 bits per heavy atom. The summed E-state index contributed by atoms with van der Waals surface area (Å²) in [6.45, 7) is 9.76. The standard InChI is InChI=1S/C31H54N6O5/c1-4-7-13-18-39-21-24-27(40-19-14-8-5-2)28(41-20-15-9-6-3)31(42-24)37-23-36-26-29(34-22-35-30(26)37)33-17-12-10-11-16-25(32)38/h22-24,27-28,31H,4-21H2,1-3H3,(H2,32,38)(H,33,34,35). The quantitative estimate of drug-likeness (QED) is 0.151. The second-order valence-corrected chi connectivity index (χ2v) is 11.2. The first-order valence-electron chi connectivity index (χ1n) is 16.3. The average Bonchev–Trinajstić information content (AvgIpc) is 3.56. The van der Waals surface area contributed by atoms with Crippen LogP contribution in [0.4, 0.5) is 5.82 Å². The summed E-state index contributed by atoms with van der Waals surface area (Å²) >= 11 is 0. The van der Waals surface area contributed by atoms with Crippen LogP contribution in [0.2, 0.25) is 0 Å². The van der Waals surface area contributed by atoms with Crippen LogP contribution in [0.25, 0.3) is 11.2 Å². The maximum absolute atomic E-state index is 11.0. The molecule has 4 unspecified atom stereocenters. The molecule has 0 spiro atoms. The lowest BCUT2D eigenvalue weighted by molar-refractivity contribution is -0.118. The third-order valence-corrected chi connectivity index (χ3v) is 7.60. The van der Waals surface area contributed by atoms with Gasteiger partial charge in [0, 0.05) is 32.8 Å². The molecule has 1 aliphatic rings. The van der Waals surface area contributed by atoms with Crippen molar-refractivity contribution in [3.63, 3.8) is 0 Å². The molecule has 1 saturated heterocycles. The Morgan fingerprint density at radius 1 is 0.881 bits per heavy atom. The molecule has 3 rings (SSSR count). The highest BCUT2D eigenvalue weighted by Gasteiger charge is 2.48. The Kier molecular flexibility index (Phi) is 16.1. The third kappa shape index (κ3) is 10.7. The van der Waals surface area contributed by atoms with Crippen LogP contribution in [-0.4, -0.2) is 76.7 Å². The van der Waals surface area contributed by atoms with Gasteiger partial charge in [-0.05, 0) is 32.1 Å². The first kappa shape index (κ1) is 34.2. The molecule has 11 nitrogen and oxygen atoms in total. The number of hydrogen-bond donors (Lipinski definition) is 2. The molecule has 2 aromatic heterocycles. The van der Waals surface area contributed by atoms with E-state index in [1.54, 1.807) is 12.7 Å². The van der Waals surface area contributed by atoms with Gasteiger partial charge in [0.05, 0.1) is 12.9 Å². The van der Waals surface area contributed by atoms with E-state index in [1.165, 1.54) is 0 Å². The van der Waals surface area contributed by atoms with Crippen molar-refractivity contribution in [2.45, 2.75) is 129 Å². The molecule has 42 heavy (non-hydrogen) atoms. The number of nitrogens with two attached hydrogens (primary N) is 1. The summed E-state index contributed by atoms with van der Waals surface area (Å²) in [6, 6.07) is 0. The number of imidazole rings is 1. The fourth-order valence-corrected chi connectivity index (χ4v) is 5.22. The van der Waals surface area contributed by atoms with Crippen LogP contribution >= 0.6 is 0 Å². The number of nitrogens with zero attached hydrogens (tertiary/aromatic N) is 4. The number of carbonyl (C=O) groups is 1. The Labute approximate surface area is 251 Å². The summed E-state index contributed by atoms with van der Waals surface area (Å²) in [7, 11) is 0. The lowest BCUT2D eigenvalue weighted by Crippen LogP contribution is -2.39. The van der Waals surface area contributed by atoms with Crippen molar-refractivity contribution in [3.05, 3.63) is 12.7 Å². The zero-order chi connectivity index (χ0) is 30.0. The summed E-state index contributed by atoms with van der Waals surface area (Å²) in [5.74, 6) is 0.418. The van der Waals surface area contributed by atoms with Gasteiger partial charge < -0.3 is 30.0 Å². The van der Waals surface area contributed by atoms with Crippen LogP contribution in [0, 0.1) is 0 Å². The molecule has 1 aliphatic heterocycles. The summed E-state index contributed by atoms with van der Waals surface area (Å²) in [6.07, 6.45) is 14.9. The fraction of sp³-hybridized carbons (Fsp3) is 0.806. The van der Waals surface area contributed by atoms with Crippen LogP contribution in [0.1, 0.15) is 110 Å². The molecule has 3 N–H and O–H groups in total. The van der Waals surface area contributed by atoms with Crippen LogP contribution in [0.3, 0.4) is 0 Å². The average molecular weight is 591 g/mol. The molecule has 238 valence electrons. The van der Waals surface area contributed by atoms with E-state index in [2.05, 4.69) is 41.0 Å². The highest BCUT2D eigenvalue weighted by atomic mass is 16.6. The van der Waals surface area contributed by atoms with Gasteiger partial charge >= 0.3 is 0 Å². The van der Waals surface area contributed by atoms with Crippen LogP contribution in [0.15, 0.2) is 12.7 Å². The number of hydrogen-bond acceptors (Lipinski definition) is 9. The summed E-state index contributed by atoms with van der Waals surface area (Å²) < 4.78 is 27.7. The van der Waals surface area contributed by atoms with Crippen LogP contribution in [0.5, 0.6) is 0 Å². The number of aromatic nitrogens is 4. The molecule has 1 amide bonds. The molecular weight excluding hydrogens is 536 g/mol. The molecule has 1 fully saturated rings. The maximum atomic E-state index is 11.0. The Hall–Kier alpha value is -2.34. The van der Waals surface area contributed by atoms with E-state index in [9.17, 15) is 4.79 Å². The highest BCUT2D eigenvalue weighted by molar-refractivity contribution is 5.82. The smallest absolute Gasteiger partial charge is 0.217 e.